The molecule has 0 aliphatic carbocycles. The van der Waals surface area contributed by atoms with Gasteiger partial charge in [0.15, 0.2) is 0 Å². The average molecular weight is 460 g/mol. The Morgan fingerprint density at radius 2 is 1.69 bits per heavy atom. The molecule has 32 heavy (non-hydrogen) atoms. The third kappa shape index (κ3) is 11.2. The van der Waals surface area contributed by atoms with Crippen molar-refractivity contribution in [1.82, 2.24) is 16.0 Å². The number of thiol groups is 1. The van der Waals surface area contributed by atoms with Gasteiger partial charge in [-0.1, -0.05) is 62.9 Å². The van der Waals surface area contributed by atoms with Gasteiger partial charge in [0.25, 0.3) is 0 Å². The molecule has 1 aromatic carbocycles. The van der Waals surface area contributed by atoms with Gasteiger partial charge in [-0.3, -0.25) is 14.4 Å². The number of allylic oxidation sites excluding steroid dienone is 3. The monoisotopic (exact) mass is 459 g/mol. The molecule has 7 heteroatoms. The normalized spacial score (nSPS) is 13.2. The molecule has 3 N–H and O–H groups in total. The summed E-state index contributed by atoms with van der Waals surface area (Å²) in [6.45, 7) is 7.55. The van der Waals surface area contributed by atoms with E-state index in [1.54, 1.807) is 13.1 Å². The predicted octanol–water partition coefficient (Wildman–Crippen LogP) is 3.55. The molecule has 176 valence electrons. The highest BCUT2D eigenvalue weighted by atomic mass is 32.1. The Bertz CT molecular complexity index is 778. The maximum absolute atomic E-state index is 13.1. The lowest BCUT2D eigenvalue weighted by atomic mass is 9.98. The molecule has 0 aliphatic rings. The molecule has 3 amide bonds. The maximum Gasteiger partial charge on any atom is 0.243 e. The minimum atomic E-state index is -0.711. The molecule has 6 nitrogen and oxygen atoms in total. The van der Waals surface area contributed by atoms with Gasteiger partial charge in [-0.25, -0.2) is 0 Å². The molecular weight excluding hydrogens is 422 g/mol. The number of hydrogen-bond acceptors (Lipinski definition) is 4. The van der Waals surface area contributed by atoms with Crippen LogP contribution in [0.4, 0.5) is 0 Å². The fraction of sp³-hybridized carbons (Fsp3) is 0.480. The van der Waals surface area contributed by atoms with E-state index in [9.17, 15) is 14.4 Å². The Balaban J connectivity index is 2.77. The largest absolute Gasteiger partial charge is 0.359 e. The van der Waals surface area contributed by atoms with Gasteiger partial charge >= 0.3 is 0 Å². The maximum atomic E-state index is 13.1. The summed E-state index contributed by atoms with van der Waals surface area (Å²) < 4.78 is 0. The van der Waals surface area contributed by atoms with Crippen molar-refractivity contribution in [3.05, 3.63) is 59.5 Å². The van der Waals surface area contributed by atoms with Crippen LogP contribution in [0.15, 0.2) is 54.0 Å². The van der Waals surface area contributed by atoms with Crippen molar-refractivity contribution in [2.75, 3.05) is 7.05 Å². The molecule has 0 saturated heterocycles. The molecule has 0 saturated carbocycles. The minimum absolute atomic E-state index is 0.0726. The Hall–Kier alpha value is -2.54. The summed E-state index contributed by atoms with van der Waals surface area (Å²) in [5, 5.41) is 8.45. The Morgan fingerprint density at radius 3 is 2.28 bits per heavy atom. The van der Waals surface area contributed by atoms with Crippen LogP contribution >= 0.6 is 12.6 Å². The van der Waals surface area contributed by atoms with Crippen LogP contribution in [-0.4, -0.2) is 36.9 Å². The first kappa shape index (κ1) is 27.5. The van der Waals surface area contributed by atoms with Crippen LogP contribution in [0.3, 0.4) is 0 Å². The second-order valence-corrected chi connectivity index (χ2v) is 8.72. The van der Waals surface area contributed by atoms with Crippen molar-refractivity contribution in [3.8, 4) is 0 Å². The summed E-state index contributed by atoms with van der Waals surface area (Å²) in [4.78, 5) is 38.4. The van der Waals surface area contributed by atoms with Crippen molar-refractivity contribution in [3.63, 3.8) is 0 Å². The van der Waals surface area contributed by atoms with Gasteiger partial charge in [-0.05, 0) is 35.6 Å². The molecule has 0 fully saturated rings. The second kappa shape index (κ2) is 15.3. The van der Waals surface area contributed by atoms with E-state index in [1.165, 1.54) is 0 Å². The lowest BCUT2D eigenvalue weighted by Gasteiger charge is -2.25. The quantitative estimate of drug-likeness (QED) is 0.195. The fourth-order valence-electron chi connectivity index (χ4n) is 3.18. The number of benzene rings is 1. The first-order chi connectivity index (χ1) is 15.3. The molecule has 2 atom stereocenters. The van der Waals surface area contributed by atoms with Crippen LogP contribution in [-0.2, 0) is 20.8 Å². The standard InChI is InChI=1S/C25H37N3O3S/c1-5-11-20(32)14-9-10-15-23(29)27-22(16-19-12-7-6-8-13-19)25(31)28-21(18(2)3)17-24(30)26-4/h5-8,11-13,18,21-22,32H,1,9-10,14-17H2,2-4H3,(H,26,30)(H,27,29)(H,28,31)/b20-11-/t21-,22?/m1/s1. The van der Waals surface area contributed by atoms with Crippen LogP contribution in [0, 0.1) is 5.92 Å². The van der Waals surface area contributed by atoms with Crippen LogP contribution < -0.4 is 16.0 Å². The van der Waals surface area contributed by atoms with Crippen LogP contribution in [0.5, 0.6) is 0 Å². The van der Waals surface area contributed by atoms with E-state index in [1.807, 2.05) is 50.3 Å². The SMILES string of the molecule is C=C/C=C(\S)CCCCC(=O)NC(Cc1ccccc1)C(=O)N[C@H](CC(=O)NC)C(C)C. The highest BCUT2D eigenvalue weighted by molar-refractivity contribution is 7.84. The van der Waals surface area contributed by atoms with Gasteiger partial charge in [0.05, 0.1) is 0 Å². The molecule has 0 aliphatic heterocycles. The molecular formula is C25H37N3O3S. The summed E-state index contributed by atoms with van der Waals surface area (Å²) >= 11 is 4.36. The van der Waals surface area contributed by atoms with E-state index < -0.39 is 6.04 Å². The predicted molar refractivity (Wildman–Crippen MR) is 133 cm³/mol. The first-order valence-corrected chi connectivity index (χ1v) is 11.6. The van der Waals surface area contributed by atoms with E-state index in [0.717, 1.165) is 23.3 Å². The zero-order valence-corrected chi connectivity index (χ0v) is 20.3. The van der Waals surface area contributed by atoms with E-state index in [-0.39, 0.29) is 36.1 Å². The summed E-state index contributed by atoms with van der Waals surface area (Å²) in [6, 6.07) is 8.54. The molecule has 1 unspecified atom stereocenters. The van der Waals surface area contributed by atoms with Gasteiger partial charge in [-0.15, -0.1) is 12.6 Å². The number of amides is 3. The highest BCUT2D eigenvalue weighted by Crippen LogP contribution is 2.13. The highest BCUT2D eigenvalue weighted by Gasteiger charge is 2.26. The number of carbonyl (C=O) groups excluding carboxylic acids is 3. The van der Waals surface area contributed by atoms with Crippen LogP contribution in [0.25, 0.3) is 0 Å². The van der Waals surface area contributed by atoms with Crippen molar-refractivity contribution >= 4 is 30.4 Å². The van der Waals surface area contributed by atoms with Crippen molar-refractivity contribution in [2.24, 2.45) is 5.92 Å². The summed E-state index contributed by atoms with van der Waals surface area (Å²) in [7, 11) is 1.57. The van der Waals surface area contributed by atoms with Crippen molar-refractivity contribution in [2.45, 2.75) is 64.5 Å². The number of unbranched alkanes of at least 4 members (excludes halogenated alkanes) is 1. The first-order valence-electron chi connectivity index (χ1n) is 11.1. The molecule has 1 aromatic rings. The molecule has 0 bridgehead atoms. The van der Waals surface area contributed by atoms with Gasteiger partial charge < -0.3 is 16.0 Å². The molecule has 0 radical (unpaired) electrons. The van der Waals surface area contributed by atoms with Crippen LogP contribution in [0.2, 0.25) is 0 Å². The third-order valence-electron chi connectivity index (χ3n) is 5.15. The minimum Gasteiger partial charge on any atom is -0.359 e. The summed E-state index contributed by atoms with van der Waals surface area (Å²) in [6.07, 6.45) is 6.75. The number of rotatable bonds is 14. The number of carbonyl (C=O) groups is 3. The molecule has 0 heterocycles. The zero-order valence-electron chi connectivity index (χ0n) is 19.4. The van der Waals surface area contributed by atoms with E-state index in [4.69, 9.17) is 0 Å². The van der Waals surface area contributed by atoms with E-state index >= 15 is 0 Å². The average Bonchev–Trinajstić information content (AvgIpc) is 2.76. The van der Waals surface area contributed by atoms with E-state index in [2.05, 4.69) is 35.2 Å². The smallest absolute Gasteiger partial charge is 0.243 e. The topological polar surface area (TPSA) is 87.3 Å². The van der Waals surface area contributed by atoms with Crippen molar-refractivity contribution in [1.29, 1.82) is 0 Å². The van der Waals surface area contributed by atoms with Gasteiger partial charge in [0.1, 0.15) is 6.04 Å². The Labute approximate surface area is 197 Å². The van der Waals surface area contributed by atoms with Gasteiger partial charge in [0.2, 0.25) is 17.7 Å². The molecule has 0 aromatic heterocycles. The lowest BCUT2D eigenvalue weighted by molar-refractivity contribution is -0.130. The van der Waals surface area contributed by atoms with Gasteiger partial charge in [-0.2, -0.15) is 0 Å². The lowest BCUT2D eigenvalue weighted by Crippen LogP contribution is -2.52. The van der Waals surface area contributed by atoms with Crippen LogP contribution in [0.1, 0.15) is 51.5 Å². The number of nitrogens with one attached hydrogen (secondary N) is 3. The van der Waals surface area contributed by atoms with E-state index in [0.29, 0.717) is 19.3 Å². The summed E-state index contributed by atoms with van der Waals surface area (Å²) in [5.74, 6) is -0.511. The Morgan fingerprint density at radius 1 is 1.03 bits per heavy atom. The Kier molecular flexibility index (Phi) is 13.1. The zero-order chi connectivity index (χ0) is 23.9. The van der Waals surface area contributed by atoms with Gasteiger partial charge in [0, 0.05) is 32.4 Å². The molecule has 0 spiro atoms. The summed E-state index contributed by atoms with van der Waals surface area (Å²) in [5.41, 5.74) is 0.953. The fourth-order valence-corrected chi connectivity index (χ4v) is 3.44. The second-order valence-electron chi connectivity index (χ2n) is 8.15. The third-order valence-corrected chi connectivity index (χ3v) is 5.52. The van der Waals surface area contributed by atoms with Crippen molar-refractivity contribution < 1.29 is 14.4 Å². The number of hydrogen-bond donors (Lipinski definition) is 4. The molecule has 1 rings (SSSR count).